The smallest absolute Gasteiger partial charge is 0.120 e. The van der Waals surface area contributed by atoms with Crippen LogP contribution in [0.1, 0.15) is 30.0 Å². The lowest BCUT2D eigenvalue weighted by Crippen LogP contribution is -3.00. The molecule has 0 aliphatic rings. The van der Waals surface area contributed by atoms with Crippen LogP contribution < -0.4 is 22.5 Å². The van der Waals surface area contributed by atoms with E-state index in [9.17, 15) is 5.11 Å². The topological polar surface area (TPSA) is 41.5 Å². The van der Waals surface area contributed by atoms with Gasteiger partial charge in [-0.1, -0.05) is 48.9 Å². The summed E-state index contributed by atoms with van der Waals surface area (Å²) in [7, 11) is 0. The van der Waals surface area contributed by atoms with Gasteiger partial charge in [-0.15, -0.1) is 0 Å². The molecule has 0 aliphatic heterocycles. The van der Waals surface area contributed by atoms with Crippen molar-refractivity contribution in [1.82, 2.24) is 5.32 Å². The lowest BCUT2D eigenvalue weighted by atomic mass is 10.1. The zero-order valence-electron chi connectivity index (χ0n) is 13.8. The molecule has 0 heterocycles. The fourth-order valence-electron chi connectivity index (χ4n) is 2.20. The van der Waals surface area contributed by atoms with Crippen LogP contribution in [0.3, 0.4) is 0 Å². The van der Waals surface area contributed by atoms with Crippen LogP contribution in [0.15, 0.2) is 48.5 Å². The van der Waals surface area contributed by atoms with Crippen LogP contribution in [-0.4, -0.2) is 17.8 Å². The highest BCUT2D eigenvalue weighted by molar-refractivity contribution is 5.29. The third kappa shape index (κ3) is 6.61. The van der Waals surface area contributed by atoms with Crippen LogP contribution in [0, 0.1) is 6.92 Å². The van der Waals surface area contributed by atoms with Crippen molar-refractivity contribution in [2.45, 2.75) is 39.5 Å². The molecule has 23 heavy (non-hydrogen) atoms. The van der Waals surface area contributed by atoms with Crippen molar-refractivity contribution in [2.75, 3.05) is 6.61 Å². The Labute approximate surface area is 145 Å². The molecule has 0 radical (unpaired) electrons. The standard InChI is InChI=1S/C19H25NO2.ClH/c1-3-18(13-21)20-12-17-5-4-6-19(11-17)22-14-16-9-7-15(2)8-10-16;/h4-11,18,20-21H,3,12-14H2,1-2H3;1H/p-1. The zero-order chi connectivity index (χ0) is 15.8. The first kappa shape index (κ1) is 19.5. The van der Waals surface area contributed by atoms with Crippen LogP contribution in [0.2, 0.25) is 0 Å². The van der Waals surface area contributed by atoms with Crippen molar-refractivity contribution < 1.29 is 22.3 Å². The van der Waals surface area contributed by atoms with E-state index in [4.69, 9.17) is 4.74 Å². The molecule has 0 amide bonds. The van der Waals surface area contributed by atoms with Gasteiger partial charge in [0, 0.05) is 12.6 Å². The highest BCUT2D eigenvalue weighted by atomic mass is 35.5. The van der Waals surface area contributed by atoms with Gasteiger partial charge in [-0.3, -0.25) is 0 Å². The molecule has 0 aliphatic carbocycles. The lowest BCUT2D eigenvalue weighted by Gasteiger charge is -2.14. The first-order valence-corrected chi connectivity index (χ1v) is 7.82. The molecule has 4 heteroatoms. The minimum atomic E-state index is 0. The zero-order valence-corrected chi connectivity index (χ0v) is 14.5. The van der Waals surface area contributed by atoms with E-state index < -0.39 is 0 Å². The Morgan fingerprint density at radius 1 is 1.09 bits per heavy atom. The number of nitrogens with one attached hydrogen (secondary N) is 1. The second-order valence-corrected chi connectivity index (χ2v) is 5.59. The number of hydrogen-bond donors (Lipinski definition) is 2. The molecule has 126 valence electrons. The molecule has 0 aromatic heterocycles. The molecule has 2 rings (SSSR count). The van der Waals surface area contributed by atoms with Gasteiger partial charge in [-0.05, 0) is 36.6 Å². The summed E-state index contributed by atoms with van der Waals surface area (Å²) in [6.07, 6.45) is 0.917. The Balaban J connectivity index is 0.00000264. The fraction of sp³-hybridized carbons (Fsp3) is 0.368. The van der Waals surface area contributed by atoms with E-state index in [-0.39, 0.29) is 25.1 Å². The summed E-state index contributed by atoms with van der Waals surface area (Å²) >= 11 is 0. The number of benzene rings is 2. The highest BCUT2D eigenvalue weighted by Crippen LogP contribution is 2.15. The van der Waals surface area contributed by atoms with Gasteiger partial charge in [-0.2, -0.15) is 0 Å². The maximum atomic E-state index is 9.20. The van der Waals surface area contributed by atoms with Gasteiger partial charge < -0.3 is 27.6 Å². The molecule has 0 spiro atoms. The van der Waals surface area contributed by atoms with Gasteiger partial charge in [0.15, 0.2) is 0 Å². The maximum Gasteiger partial charge on any atom is 0.120 e. The Morgan fingerprint density at radius 3 is 2.48 bits per heavy atom. The van der Waals surface area contributed by atoms with Crippen LogP contribution in [-0.2, 0) is 13.2 Å². The molecular formula is C19H25ClNO2-. The number of ether oxygens (including phenoxy) is 1. The van der Waals surface area contributed by atoms with Crippen LogP contribution in [0.25, 0.3) is 0 Å². The average Bonchev–Trinajstić information content (AvgIpc) is 2.56. The average molecular weight is 335 g/mol. The minimum absolute atomic E-state index is 0. The Bertz CT molecular complexity index is 568. The summed E-state index contributed by atoms with van der Waals surface area (Å²) in [5, 5.41) is 12.5. The number of hydrogen-bond acceptors (Lipinski definition) is 3. The largest absolute Gasteiger partial charge is 1.00 e. The molecule has 2 aromatic rings. The molecule has 1 unspecified atom stereocenters. The Hall–Kier alpha value is -1.55. The number of aliphatic hydroxyl groups is 1. The van der Waals surface area contributed by atoms with Crippen molar-refractivity contribution in [2.24, 2.45) is 0 Å². The summed E-state index contributed by atoms with van der Waals surface area (Å²) in [4.78, 5) is 0. The third-order valence-electron chi connectivity index (χ3n) is 3.73. The van der Waals surface area contributed by atoms with Crippen molar-refractivity contribution >= 4 is 0 Å². The third-order valence-corrected chi connectivity index (χ3v) is 3.73. The van der Waals surface area contributed by atoms with Crippen LogP contribution in [0.5, 0.6) is 5.75 Å². The number of aryl methyl sites for hydroxylation is 1. The normalized spacial score (nSPS) is 11.6. The minimum Gasteiger partial charge on any atom is -1.00 e. The molecule has 0 saturated carbocycles. The maximum absolute atomic E-state index is 9.20. The molecule has 3 nitrogen and oxygen atoms in total. The van der Waals surface area contributed by atoms with Crippen molar-refractivity contribution in [3.63, 3.8) is 0 Å². The molecule has 2 aromatic carbocycles. The number of halogens is 1. The van der Waals surface area contributed by atoms with E-state index in [1.54, 1.807) is 0 Å². The molecule has 0 fully saturated rings. The van der Waals surface area contributed by atoms with Gasteiger partial charge in [0.25, 0.3) is 0 Å². The first-order valence-electron chi connectivity index (χ1n) is 7.82. The van der Waals surface area contributed by atoms with Crippen LogP contribution >= 0.6 is 0 Å². The fourth-order valence-corrected chi connectivity index (χ4v) is 2.20. The van der Waals surface area contributed by atoms with Crippen molar-refractivity contribution in [3.8, 4) is 5.75 Å². The summed E-state index contributed by atoms with van der Waals surface area (Å²) in [6.45, 7) is 5.62. The SMILES string of the molecule is CCC(CO)NCc1cccc(OCc2ccc(C)cc2)c1.[Cl-]. The summed E-state index contributed by atoms with van der Waals surface area (Å²) in [6, 6.07) is 16.6. The molecule has 0 saturated heterocycles. The second-order valence-electron chi connectivity index (χ2n) is 5.59. The number of rotatable bonds is 8. The van der Waals surface area contributed by atoms with E-state index in [0.29, 0.717) is 6.61 Å². The summed E-state index contributed by atoms with van der Waals surface area (Å²) in [5.41, 5.74) is 3.58. The molecule has 1 atom stereocenters. The Kier molecular flexibility index (Phi) is 8.70. The summed E-state index contributed by atoms with van der Waals surface area (Å²) < 4.78 is 5.85. The van der Waals surface area contributed by atoms with E-state index in [2.05, 4.69) is 49.5 Å². The van der Waals surface area contributed by atoms with E-state index >= 15 is 0 Å². The van der Waals surface area contributed by atoms with E-state index in [1.165, 1.54) is 11.1 Å². The predicted octanol–water partition coefficient (Wildman–Crippen LogP) is 0.439. The Morgan fingerprint density at radius 2 is 1.83 bits per heavy atom. The second kappa shape index (κ2) is 10.3. The van der Waals surface area contributed by atoms with Gasteiger partial charge in [-0.25, -0.2) is 0 Å². The molecule has 0 bridgehead atoms. The van der Waals surface area contributed by atoms with Gasteiger partial charge in [0.2, 0.25) is 0 Å². The van der Waals surface area contributed by atoms with E-state index in [0.717, 1.165) is 24.3 Å². The van der Waals surface area contributed by atoms with Crippen LogP contribution in [0.4, 0.5) is 0 Å². The first-order chi connectivity index (χ1) is 10.7. The molecule has 2 N–H and O–H groups in total. The highest BCUT2D eigenvalue weighted by Gasteiger charge is 2.04. The number of aliphatic hydroxyl groups excluding tert-OH is 1. The van der Waals surface area contributed by atoms with Gasteiger partial charge in [0.1, 0.15) is 12.4 Å². The lowest BCUT2D eigenvalue weighted by molar-refractivity contribution is -0.00000603. The quantitative estimate of drug-likeness (QED) is 0.736. The van der Waals surface area contributed by atoms with Crippen molar-refractivity contribution in [1.29, 1.82) is 0 Å². The molecular weight excluding hydrogens is 310 g/mol. The van der Waals surface area contributed by atoms with Gasteiger partial charge in [0.05, 0.1) is 6.61 Å². The van der Waals surface area contributed by atoms with Gasteiger partial charge >= 0.3 is 0 Å². The van der Waals surface area contributed by atoms with E-state index in [1.807, 2.05) is 18.2 Å². The van der Waals surface area contributed by atoms with Crippen molar-refractivity contribution in [3.05, 3.63) is 65.2 Å². The summed E-state index contributed by atoms with van der Waals surface area (Å²) in [5.74, 6) is 0.872. The monoisotopic (exact) mass is 334 g/mol. The predicted molar refractivity (Wildman–Crippen MR) is 90.0 cm³/mol.